The van der Waals surface area contributed by atoms with Crippen LogP contribution in [0.3, 0.4) is 0 Å². The van der Waals surface area contributed by atoms with E-state index in [0.717, 1.165) is 43.4 Å². The molecule has 1 aromatic heterocycles. The van der Waals surface area contributed by atoms with Gasteiger partial charge in [0.25, 0.3) is 5.91 Å². The molecule has 26 heavy (non-hydrogen) atoms. The fourth-order valence-electron chi connectivity index (χ4n) is 3.76. The molecule has 2 fully saturated rings. The van der Waals surface area contributed by atoms with E-state index in [-0.39, 0.29) is 36.1 Å². The molecular weight excluding hydrogens is 398 g/mol. The van der Waals surface area contributed by atoms with Gasteiger partial charge in [0.05, 0.1) is 15.8 Å². The third kappa shape index (κ3) is 4.78. The van der Waals surface area contributed by atoms with Crippen molar-refractivity contribution < 1.29 is 22.7 Å². The molecule has 1 atom stereocenters. The largest absolute Gasteiger partial charge is 0.451 e. The van der Waals surface area contributed by atoms with Gasteiger partial charge in [0.15, 0.2) is 16.4 Å². The van der Waals surface area contributed by atoms with Crippen molar-refractivity contribution in [3.05, 3.63) is 21.3 Å². The van der Waals surface area contributed by atoms with E-state index in [1.807, 2.05) is 0 Å². The molecular formula is C17H22ClNO5S2. The van der Waals surface area contributed by atoms with Crippen molar-refractivity contribution in [2.75, 3.05) is 18.1 Å². The van der Waals surface area contributed by atoms with Gasteiger partial charge in [-0.05, 0) is 31.4 Å². The molecule has 1 aliphatic carbocycles. The average Bonchev–Trinajstić information content (AvgIpc) is 3.19. The summed E-state index contributed by atoms with van der Waals surface area (Å²) in [6.45, 7) is -0.374. The Balaban J connectivity index is 1.67. The zero-order chi connectivity index (χ0) is 18.7. The second kappa shape index (κ2) is 8.27. The lowest BCUT2D eigenvalue weighted by atomic mass is 9.93. The van der Waals surface area contributed by atoms with Gasteiger partial charge in [-0.25, -0.2) is 13.2 Å². The van der Waals surface area contributed by atoms with Crippen LogP contribution in [0, 0.1) is 0 Å². The number of rotatable bonds is 5. The van der Waals surface area contributed by atoms with Crippen molar-refractivity contribution in [1.82, 2.24) is 4.90 Å². The number of sulfone groups is 1. The summed E-state index contributed by atoms with van der Waals surface area (Å²) in [4.78, 5) is 26.9. The number of amides is 1. The molecule has 1 unspecified atom stereocenters. The number of halogens is 1. The van der Waals surface area contributed by atoms with Crippen molar-refractivity contribution in [2.45, 2.75) is 50.6 Å². The molecule has 1 amide bonds. The maximum atomic E-state index is 12.8. The average molecular weight is 420 g/mol. The quantitative estimate of drug-likeness (QED) is 0.685. The highest BCUT2D eigenvalue weighted by Gasteiger charge is 2.38. The summed E-state index contributed by atoms with van der Waals surface area (Å²) in [5.74, 6) is -0.779. The van der Waals surface area contributed by atoms with Crippen LogP contribution in [0.15, 0.2) is 12.1 Å². The van der Waals surface area contributed by atoms with Crippen LogP contribution in [0.1, 0.15) is 48.2 Å². The lowest BCUT2D eigenvalue weighted by Gasteiger charge is -2.38. The number of carbonyl (C=O) groups excluding carboxylic acids is 2. The van der Waals surface area contributed by atoms with Crippen LogP contribution < -0.4 is 0 Å². The van der Waals surface area contributed by atoms with Gasteiger partial charge in [-0.1, -0.05) is 30.9 Å². The summed E-state index contributed by atoms with van der Waals surface area (Å²) in [6, 6.07) is 2.87. The molecule has 3 rings (SSSR count). The topological polar surface area (TPSA) is 80.8 Å². The maximum absolute atomic E-state index is 12.8. The van der Waals surface area contributed by atoms with Gasteiger partial charge in [-0.2, -0.15) is 0 Å². The minimum Gasteiger partial charge on any atom is -0.451 e. The minimum atomic E-state index is -3.10. The SMILES string of the molecule is O=C(OCC(=O)N(C1CCCCC1)C1CCS(=O)(=O)C1)c1ccc(Cl)s1. The summed E-state index contributed by atoms with van der Waals surface area (Å²) in [7, 11) is -3.10. The van der Waals surface area contributed by atoms with E-state index in [4.69, 9.17) is 16.3 Å². The zero-order valence-electron chi connectivity index (χ0n) is 14.4. The molecule has 1 aromatic rings. The highest BCUT2D eigenvalue weighted by molar-refractivity contribution is 7.91. The highest BCUT2D eigenvalue weighted by atomic mass is 35.5. The fraction of sp³-hybridized carbons (Fsp3) is 0.647. The first-order valence-electron chi connectivity index (χ1n) is 8.80. The summed E-state index contributed by atoms with van der Waals surface area (Å²) in [5.41, 5.74) is 0. The Kier molecular flexibility index (Phi) is 6.25. The first-order valence-corrected chi connectivity index (χ1v) is 11.8. The number of esters is 1. The van der Waals surface area contributed by atoms with E-state index in [1.165, 1.54) is 0 Å². The molecule has 0 N–H and O–H groups in total. The number of nitrogens with zero attached hydrogens (tertiary/aromatic N) is 1. The molecule has 0 spiro atoms. The summed E-state index contributed by atoms with van der Waals surface area (Å²) in [5, 5.41) is 0. The molecule has 0 aromatic carbocycles. The first-order chi connectivity index (χ1) is 12.4. The second-order valence-electron chi connectivity index (χ2n) is 6.83. The van der Waals surface area contributed by atoms with E-state index in [0.29, 0.717) is 15.6 Å². The maximum Gasteiger partial charge on any atom is 0.348 e. The molecule has 2 heterocycles. The van der Waals surface area contributed by atoms with Crippen LogP contribution in [0.2, 0.25) is 4.34 Å². The molecule has 144 valence electrons. The summed E-state index contributed by atoms with van der Waals surface area (Å²) < 4.78 is 29.4. The minimum absolute atomic E-state index is 0.00369. The molecule has 1 saturated heterocycles. The normalized spacial score (nSPS) is 22.9. The fourth-order valence-corrected chi connectivity index (χ4v) is 6.40. The van der Waals surface area contributed by atoms with Gasteiger partial charge in [0.2, 0.25) is 0 Å². The van der Waals surface area contributed by atoms with E-state index >= 15 is 0 Å². The van der Waals surface area contributed by atoms with E-state index < -0.39 is 15.8 Å². The van der Waals surface area contributed by atoms with Crippen molar-refractivity contribution in [1.29, 1.82) is 0 Å². The Hall–Kier alpha value is -1.12. The molecule has 0 bridgehead atoms. The van der Waals surface area contributed by atoms with Gasteiger partial charge in [-0.3, -0.25) is 4.79 Å². The van der Waals surface area contributed by atoms with E-state index in [2.05, 4.69) is 0 Å². The Labute approximate surface area is 162 Å². The Morgan fingerprint density at radius 1 is 1.15 bits per heavy atom. The number of thiophene rings is 1. The van der Waals surface area contributed by atoms with Crippen LogP contribution in [0.4, 0.5) is 0 Å². The van der Waals surface area contributed by atoms with Crippen molar-refractivity contribution in [3.63, 3.8) is 0 Å². The van der Waals surface area contributed by atoms with Crippen LogP contribution in [0.25, 0.3) is 0 Å². The second-order valence-corrected chi connectivity index (χ2v) is 10.8. The lowest BCUT2D eigenvalue weighted by molar-refractivity contribution is -0.139. The first kappa shape index (κ1) is 19.6. The number of hydrogen-bond acceptors (Lipinski definition) is 6. The van der Waals surface area contributed by atoms with Gasteiger partial charge in [-0.15, -0.1) is 11.3 Å². The zero-order valence-corrected chi connectivity index (χ0v) is 16.7. The molecule has 1 aliphatic heterocycles. The Morgan fingerprint density at radius 2 is 1.88 bits per heavy atom. The van der Waals surface area contributed by atoms with Crippen molar-refractivity contribution in [2.24, 2.45) is 0 Å². The molecule has 6 nitrogen and oxygen atoms in total. The van der Waals surface area contributed by atoms with Crippen LogP contribution >= 0.6 is 22.9 Å². The summed E-state index contributed by atoms with van der Waals surface area (Å²) >= 11 is 6.91. The van der Waals surface area contributed by atoms with E-state index in [9.17, 15) is 18.0 Å². The molecule has 2 aliphatic rings. The van der Waals surface area contributed by atoms with Gasteiger partial charge >= 0.3 is 5.97 Å². The monoisotopic (exact) mass is 419 g/mol. The smallest absolute Gasteiger partial charge is 0.348 e. The van der Waals surface area contributed by atoms with Gasteiger partial charge < -0.3 is 9.64 Å². The molecule has 1 saturated carbocycles. The third-order valence-corrected chi connectivity index (χ3v) is 7.92. The van der Waals surface area contributed by atoms with Gasteiger partial charge in [0, 0.05) is 12.1 Å². The Morgan fingerprint density at radius 3 is 2.46 bits per heavy atom. The van der Waals surface area contributed by atoms with E-state index in [1.54, 1.807) is 17.0 Å². The molecule has 9 heteroatoms. The van der Waals surface area contributed by atoms with Gasteiger partial charge in [0.1, 0.15) is 4.88 Å². The van der Waals surface area contributed by atoms with Crippen molar-refractivity contribution in [3.8, 4) is 0 Å². The predicted octanol–water partition coefficient (Wildman–Crippen LogP) is 2.91. The van der Waals surface area contributed by atoms with Crippen molar-refractivity contribution >= 4 is 44.7 Å². The standard InChI is InChI=1S/C17H22ClNO5S2/c18-15-7-6-14(25-15)17(21)24-10-16(20)19(12-4-2-1-3-5-12)13-8-9-26(22,23)11-13/h6-7,12-13H,1-5,8-11H2. The lowest BCUT2D eigenvalue weighted by Crippen LogP contribution is -2.50. The summed E-state index contributed by atoms with van der Waals surface area (Å²) in [6.07, 6.45) is 5.39. The van der Waals surface area contributed by atoms with Crippen LogP contribution in [-0.2, 0) is 19.4 Å². The number of ether oxygens (including phenoxy) is 1. The predicted molar refractivity (Wildman–Crippen MR) is 100 cm³/mol. The van der Waals surface area contributed by atoms with Crippen LogP contribution in [-0.4, -0.2) is 55.4 Å². The number of carbonyl (C=O) groups is 2. The molecule has 0 radical (unpaired) electrons. The number of hydrogen-bond donors (Lipinski definition) is 0. The Bertz CT molecular complexity index is 770. The van der Waals surface area contributed by atoms with Crippen LogP contribution in [0.5, 0.6) is 0 Å². The highest BCUT2D eigenvalue weighted by Crippen LogP contribution is 2.28. The third-order valence-electron chi connectivity index (χ3n) is 4.96.